The average molecular weight is 388 g/mol. The van der Waals surface area contributed by atoms with Crippen LogP contribution in [0.1, 0.15) is 21.7 Å². The molecule has 0 bridgehead atoms. The van der Waals surface area contributed by atoms with Crippen molar-refractivity contribution in [2.24, 2.45) is 5.92 Å². The maximum absolute atomic E-state index is 13.0. The van der Waals surface area contributed by atoms with Crippen LogP contribution in [0.3, 0.4) is 0 Å². The lowest BCUT2D eigenvalue weighted by Gasteiger charge is -2.17. The first-order valence-corrected chi connectivity index (χ1v) is 10.1. The van der Waals surface area contributed by atoms with Gasteiger partial charge in [-0.05, 0) is 36.6 Å². The first-order valence-electron chi connectivity index (χ1n) is 10.1. The highest BCUT2D eigenvalue weighted by Gasteiger charge is 2.35. The molecule has 0 radical (unpaired) electrons. The van der Waals surface area contributed by atoms with Gasteiger partial charge in [0.2, 0.25) is 0 Å². The molecule has 29 heavy (non-hydrogen) atoms. The smallest absolute Gasteiger partial charge is 0.272 e. The van der Waals surface area contributed by atoms with Gasteiger partial charge in [0.1, 0.15) is 11.5 Å². The van der Waals surface area contributed by atoms with Gasteiger partial charge < -0.3 is 14.9 Å². The molecule has 4 heterocycles. The fraction of sp³-hybridized carbons (Fsp3) is 0.348. The Morgan fingerprint density at radius 1 is 1.10 bits per heavy atom. The Bertz CT molecular complexity index is 1080. The highest BCUT2D eigenvalue weighted by molar-refractivity contribution is 5.93. The van der Waals surface area contributed by atoms with Gasteiger partial charge in [0.25, 0.3) is 5.91 Å². The minimum Gasteiger partial charge on any atom is -0.391 e. The summed E-state index contributed by atoms with van der Waals surface area (Å²) < 4.78 is 0. The summed E-state index contributed by atoms with van der Waals surface area (Å²) in [6.45, 7) is 1.79. The molecule has 3 aromatic rings. The molecule has 5 rings (SSSR count). The fourth-order valence-electron chi connectivity index (χ4n) is 4.39. The molecular formula is C23H24N4O2. The van der Waals surface area contributed by atoms with E-state index in [0.717, 1.165) is 35.4 Å². The number of hydrogen-bond acceptors (Lipinski definition) is 5. The second-order valence-electron chi connectivity index (χ2n) is 8.09. The molecule has 148 valence electrons. The van der Waals surface area contributed by atoms with E-state index in [0.29, 0.717) is 25.2 Å². The van der Waals surface area contributed by atoms with Crippen LogP contribution in [0.25, 0.3) is 10.9 Å². The molecule has 0 spiro atoms. The molecule has 2 aromatic heterocycles. The Hall–Kier alpha value is -2.99. The third kappa shape index (κ3) is 3.34. The molecule has 2 aliphatic heterocycles. The number of rotatable bonds is 3. The summed E-state index contributed by atoms with van der Waals surface area (Å²) in [5, 5.41) is 11.7. The van der Waals surface area contributed by atoms with Crippen molar-refractivity contribution in [2.45, 2.75) is 18.9 Å². The molecule has 1 N–H and O–H groups in total. The van der Waals surface area contributed by atoms with Crippen LogP contribution in [0.4, 0.5) is 5.82 Å². The maximum Gasteiger partial charge on any atom is 0.272 e. The number of likely N-dealkylation sites (tertiary alicyclic amines) is 1. The van der Waals surface area contributed by atoms with Crippen LogP contribution in [0.5, 0.6) is 0 Å². The lowest BCUT2D eigenvalue weighted by atomic mass is 9.99. The molecule has 6 heteroatoms. The van der Waals surface area contributed by atoms with E-state index in [1.165, 1.54) is 5.56 Å². The molecule has 1 fully saturated rings. The Morgan fingerprint density at radius 3 is 2.86 bits per heavy atom. The first kappa shape index (κ1) is 18.1. The minimum absolute atomic E-state index is 0.0234. The largest absolute Gasteiger partial charge is 0.391 e. The molecule has 1 aromatic carbocycles. The zero-order valence-electron chi connectivity index (χ0n) is 16.5. The second kappa shape index (κ2) is 7.12. The fourth-order valence-corrected chi connectivity index (χ4v) is 4.39. The van der Waals surface area contributed by atoms with Crippen LogP contribution in [-0.2, 0) is 12.8 Å². The summed E-state index contributed by atoms with van der Waals surface area (Å²) >= 11 is 0. The zero-order chi connectivity index (χ0) is 20.0. The standard InChI is InChI=1S/C23H24N4O2/c1-26-11-10-16-7-9-20(25-22(16)26)23(29)27-13-17(21(28)14-27)12-18-8-6-15-4-2-3-5-19(15)24-18/h2-9,17,21,28H,10-14H2,1H3/t17-,21-/m1/s1. The molecule has 0 unspecified atom stereocenters. The number of fused-ring (bicyclic) bond motifs is 2. The van der Waals surface area contributed by atoms with Crippen LogP contribution in [0.2, 0.25) is 0 Å². The number of amides is 1. The van der Waals surface area contributed by atoms with Gasteiger partial charge in [0, 0.05) is 43.7 Å². The molecule has 2 atom stereocenters. The number of aliphatic hydroxyl groups is 1. The molecular weight excluding hydrogens is 364 g/mol. The molecule has 0 aliphatic carbocycles. The van der Waals surface area contributed by atoms with Crippen LogP contribution in [0, 0.1) is 5.92 Å². The molecule has 2 aliphatic rings. The highest BCUT2D eigenvalue weighted by Crippen LogP contribution is 2.27. The van der Waals surface area contributed by atoms with Gasteiger partial charge in [0.15, 0.2) is 0 Å². The van der Waals surface area contributed by atoms with E-state index in [1.807, 2.05) is 49.5 Å². The van der Waals surface area contributed by atoms with Gasteiger partial charge in [0.05, 0.1) is 11.6 Å². The van der Waals surface area contributed by atoms with Crippen LogP contribution in [-0.4, -0.2) is 58.7 Å². The number of pyridine rings is 2. The second-order valence-corrected chi connectivity index (χ2v) is 8.09. The number of likely N-dealkylation sites (N-methyl/N-ethyl adjacent to an activating group) is 1. The van der Waals surface area contributed by atoms with Gasteiger partial charge in [-0.15, -0.1) is 0 Å². The summed E-state index contributed by atoms with van der Waals surface area (Å²) in [4.78, 5) is 26.1. The number of nitrogens with zero attached hydrogens (tertiary/aromatic N) is 4. The van der Waals surface area contributed by atoms with Gasteiger partial charge in [-0.25, -0.2) is 4.98 Å². The van der Waals surface area contributed by atoms with Crippen molar-refractivity contribution in [3.63, 3.8) is 0 Å². The minimum atomic E-state index is -0.552. The highest BCUT2D eigenvalue weighted by atomic mass is 16.3. The number of hydrogen-bond donors (Lipinski definition) is 1. The van der Waals surface area contributed by atoms with Crippen LogP contribution in [0.15, 0.2) is 48.5 Å². The zero-order valence-corrected chi connectivity index (χ0v) is 16.5. The first-order chi connectivity index (χ1) is 14.1. The van der Waals surface area contributed by atoms with E-state index in [4.69, 9.17) is 4.98 Å². The predicted octanol–water partition coefficient (Wildman–Crippen LogP) is 2.30. The average Bonchev–Trinajstić information content (AvgIpc) is 3.30. The van der Waals surface area contributed by atoms with Crippen molar-refractivity contribution >= 4 is 22.6 Å². The van der Waals surface area contributed by atoms with E-state index in [2.05, 4.69) is 16.0 Å². The molecule has 1 saturated heterocycles. The molecule has 0 saturated carbocycles. The van der Waals surface area contributed by atoms with Crippen molar-refractivity contribution in [2.75, 3.05) is 31.6 Å². The van der Waals surface area contributed by atoms with Crippen molar-refractivity contribution in [1.82, 2.24) is 14.9 Å². The number of β-amino-alcohol motifs (C(OH)–C–C–N with tert-alkyl or cyclic N) is 1. The van der Waals surface area contributed by atoms with Crippen molar-refractivity contribution in [1.29, 1.82) is 0 Å². The van der Waals surface area contributed by atoms with E-state index in [-0.39, 0.29) is 11.8 Å². The number of aliphatic hydroxyl groups excluding tert-OH is 1. The van der Waals surface area contributed by atoms with E-state index < -0.39 is 6.10 Å². The number of anilines is 1. The molecule has 6 nitrogen and oxygen atoms in total. The number of aromatic nitrogens is 2. The number of para-hydroxylation sites is 1. The third-order valence-corrected chi connectivity index (χ3v) is 6.07. The van der Waals surface area contributed by atoms with Crippen LogP contribution < -0.4 is 4.90 Å². The van der Waals surface area contributed by atoms with E-state index in [9.17, 15) is 9.90 Å². The predicted molar refractivity (Wildman–Crippen MR) is 112 cm³/mol. The summed E-state index contributed by atoms with van der Waals surface area (Å²) in [6.07, 6.45) is 1.07. The summed E-state index contributed by atoms with van der Waals surface area (Å²) in [5.74, 6) is 0.762. The lowest BCUT2D eigenvalue weighted by Crippen LogP contribution is -2.30. The van der Waals surface area contributed by atoms with Gasteiger partial charge in [-0.3, -0.25) is 9.78 Å². The van der Waals surface area contributed by atoms with E-state index in [1.54, 1.807) is 4.90 Å². The Morgan fingerprint density at radius 2 is 1.97 bits per heavy atom. The Labute approximate surface area is 169 Å². The number of carbonyl (C=O) groups excluding carboxylic acids is 1. The van der Waals surface area contributed by atoms with Crippen molar-refractivity contribution in [3.05, 3.63) is 65.5 Å². The normalized spacial score (nSPS) is 21.0. The van der Waals surface area contributed by atoms with Gasteiger partial charge in [-0.1, -0.05) is 30.3 Å². The summed E-state index contributed by atoms with van der Waals surface area (Å²) in [7, 11) is 2.00. The van der Waals surface area contributed by atoms with Crippen LogP contribution >= 0.6 is 0 Å². The monoisotopic (exact) mass is 388 g/mol. The topological polar surface area (TPSA) is 69.6 Å². The summed E-state index contributed by atoms with van der Waals surface area (Å²) in [6, 6.07) is 15.9. The Kier molecular flexibility index (Phi) is 4.43. The quantitative estimate of drug-likeness (QED) is 0.746. The molecule has 1 amide bonds. The SMILES string of the molecule is CN1CCc2ccc(C(=O)N3C[C@@H](Cc4ccc5ccccc5n4)[C@H](O)C3)nc21. The summed E-state index contributed by atoms with van der Waals surface area (Å²) in [5.41, 5.74) is 3.54. The number of benzene rings is 1. The van der Waals surface area contributed by atoms with Gasteiger partial charge in [-0.2, -0.15) is 0 Å². The van der Waals surface area contributed by atoms with Gasteiger partial charge >= 0.3 is 0 Å². The van der Waals surface area contributed by atoms with E-state index >= 15 is 0 Å². The lowest BCUT2D eigenvalue weighted by molar-refractivity contribution is 0.0759. The van der Waals surface area contributed by atoms with Crippen molar-refractivity contribution in [3.8, 4) is 0 Å². The third-order valence-electron chi connectivity index (χ3n) is 6.07. The Balaban J connectivity index is 1.31. The number of carbonyl (C=O) groups is 1. The van der Waals surface area contributed by atoms with Crippen molar-refractivity contribution < 1.29 is 9.90 Å². The maximum atomic E-state index is 13.0.